The number of nitrogens with zero attached hydrogens (tertiary/aromatic N) is 1. The van der Waals surface area contributed by atoms with Crippen molar-refractivity contribution >= 4 is 5.78 Å². The number of Topliss-reactive ketones (excluding diaryl/α,β-unsaturated/α-hetero) is 1. The lowest BCUT2D eigenvalue weighted by molar-refractivity contribution is -0.929. The van der Waals surface area contributed by atoms with Gasteiger partial charge in [0.15, 0.2) is 5.78 Å². The van der Waals surface area contributed by atoms with Crippen LogP contribution in [-0.2, 0) is 11.2 Å². The molecule has 2 fully saturated rings. The van der Waals surface area contributed by atoms with Crippen molar-refractivity contribution in [1.29, 1.82) is 0 Å². The van der Waals surface area contributed by atoms with E-state index < -0.39 is 0 Å². The Bertz CT molecular complexity index is 695. The molecule has 1 unspecified atom stereocenters. The van der Waals surface area contributed by atoms with Gasteiger partial charge in [0.25, 0.3) is 0 Å². The second-order valence-corrected chi connectivity index (χ2v) is 8.76. The van der Waals surface area contributed by atoms with Crippen LogP contribution < -0.4 is 28.7 Å². The Hall–Kier alpha value is -0.620. The summed E-state index contributed by atoms with van der Waals surface area (Å²) in [5.41, 5.74) is 3.61. The zero-order chi connectivity index (χ0) is 17.1. The minimum atomic E-state index is -0.198. The topological polar surface area (TPSA) is 26.3 Å². The molecule has 1 aromatic carbocycles. The van der Waals surface area contributed by atoms with Crippen molar-refractivity contribution < 1.29 is 38.0 Å². The van der Waals surface area contributed by atoms with E-state index >= 15 is 0 Å². The van der Waals surface area contributed by atoms with Crippen LogP contribution in [-0.4, -0.2) is 43.6 Å². The quantitative estimate of drug-likeness (QED) is 0.483. The van der Waals surface area contributed by atoms with Gasteiger partial charge in [0.1, 0.15) is 11.8 Å². The monoisotopic (exact) mass is 455 g/mol. The molecule has 2 bridgehead atoms. The number of benzene rings is 1. The Balaban J connectivity index is 0.00000182. The van der Waals surface area contributed by atoms with Crippen LogP contribution >= 0.6 is 0 Å². The molecular formula is C21H30INO2. The molecule has 1 saturated carbocycles. The van der Waals surface area contributed by atoms with E-state index in [0.717, 1.165) is 23.1 Å². The molecule has 2 aliphatic carbocycles. The smallest absolute Gasteiger partial charge is 0.152 e. The Morgan fingerprint density at radius 3 is 2.52 bits per heavy atom. The number of carbonyl (C=O) groups excluding carboxylic acids is 1. The first-order chi connectivity index (χ1) is 11.4. The molecule has 0 radical (unpaired) electrons. The summed E-state index contributed by atoms with van der Waals surface area (Å²) in [4.78, 5) is 13.4. The number of carbonyl (C=O) groups is 1. The van der Waals surface area contributed by atoms with Crippen LogP contribution in [0.1, 0.15) is 55.2 Å². The van der Waals surface area contributed by atoms with Crippen molar-refractivity contribution in [3.63, 3.8) is 0 Å². The van der Waals surface area contributed by atoms with E-state index in [9.17, 15) is 4.79 Å². The van der Waals surface area contributed by atoms with Gasteiger partial charge in [-0.2, -0.15) is 0 Å². The summed E-state index contributed by atoms with van der Waals surface area (Å²) < 4.78 is 6.62. The van der Waals surface area contributed by atoms with Gasteiger partial charge >= 0.3 is 0 Å². The summed E-state index contributed by atoms with van der Waals surface area (Å²) in [6.07, 6.45) is 5.72. The van der Waals surface area contributed by atoms with Gasteiger partial charge in [0, 0.05) is 25.2 Å². The maximum absolute atomic E-state index is 13.4. The van der Waals surface area contributed by atoms with Gasteiger partial charge in [-0.3, -0.25) is 4.79 Å². The van der Waals surface area contributed by atoms with Gasteiger partial charge in [0.05, 0.1) is 32.7 Å². The maximum atomic E-state index is 13.4. The third kappa shape index (κ3) is 2.75. The highest BCUT2D eigenvalue weighted by Gasteiger charge is 2.58. The van der Waals surface area contributed by atoms with E-state index in [4.69, 9.17) is 4.74 Å². The molecule has 0 N–H and O–H groups in total. The van der Waals surface area contributed by atoms with Crippen LogP contribution in [0.5, 0.6) is 5.75 Å². The highest BCUT2D eigenvalue weighted by molar-refractivity contribution is 5.94. The molecule has 1 saturated heterocycles. The Labute approximate surface area is 168 Å². The molecule has 3 nitrogen and oxygen atoms in total. The van der Waals surface area contributed by atoms with E-state index in [-0.39, 0.29) is 35.3 Å². The van der Waals surface area contributed by atoms with Crippen molar-refractivity contribution in [2.24, 2.45) is 5.41 Å². The van der Waals surface area contributed by atoms with Crippen LogP contribution in [0.3, 0.4) is 0 Å². The molecule has 0 amide bonds. The van der Waals surface area contributed by atoms with Gasteiger partial charge in [0.2, 0.25) is 0 Å². The Kier molecular flexibility index (Phi) is 4.99. The molecule has 25 heavy (non-hydrogen) atoms. The van der Waals surface area contributed by atoms with E-state index in [1.165, 1.54) is 49.0 Å². The predicted molar refractivity (Wildman–Crippen MR) is 95.5 cm³/mol. The third-order valence-electron chi connectivity index (χ3n) is 7.27. The number of ketones is 1. The van der Waals surface area contributed by atoms with Crippen molar-refractivity contribution in [1.82, 2.24) is 0 Å². The molecule has 4 heteroatoms. The molecule has 1 aliphatic heterocycles. The zero-order valence-electron chi connectivity index (χ0n) is 15.9. The lowest BCUT2D eigenvalue weighted by Gasteiger charge is -2.53. The molecule has 3 atom stereocenters. The normalized spacial score (nSPS) is 32.7. The second-order valence-electron chi connectivity index (χ2n) is 8.76. The number of aryl methyl sites for hydroxylation is 1. The Morgan fingerprint density at radius 1 is 1.20 bits per heavy atom. The van der Waals surface area contributed by atoms with Crippen LogP contribution in [0.25, 0.3) is 0 Å². The molecular weight excluding hydrogens is 425 g/mol. The summed E-state index contributed by atoms with van der Waals surface area (Å²) in [6.45, 7) is 6.86. The summed E-state index contributed by atoms with van der Waals surface area (Å²) in [5.74, 6) is 1.49. The number of rotatable bonds is 2. The zero-order valence-corrected chi connectivity index (χ0v) is 18.1. The number of halogens is 1. The number of quaternary nitrogens is 1. The first-order valence-electron chi connectivity index (χ1n) is 9.45. The van der Waals surface area contributed by atoms with Gasteiger partial charge in [-0.05, 0) is 49.4 Å². The molecule has 0 aromatic heterocycles. The van der Waals surface area contributed by atoms with Crippen molar-refractivity contribution in [3.05, 3.63) is 28.8 Å². The van der Waals surface area contributed by atoms with E-state index in [0.29, 0.717) is 11.8 Å². The van der Waals surface area contributed by atoms with E-state index in [1.807, 2.05) is 0 Å². The first kappa shape index (κ1) is 19.2. The molecule has 4 rings (SSSR count). The third-order valence-corrected chi connectivity index (χ3v) is 7.27. The molecule has 0 spiro atoms. The van der Waals surface area contributed by atoms with Crippen LogP contribution in [0, 0.1) is 12.3 Å². The van der Waals surface area contributed by atoms with E-state index in [2.05, 4.69) is 33.0 Å². The number of hydrogen-bond acceptors (Lipinski definition) is 2. The van der Waals surface area contributed by atoms with Crippen LogP contribution in [0.2, 0.25) is 0 Å². The SMILES string of the molecule is COc1cc2c(cc1C)C[C@]1(C)C(=O)[C@H]2CCC1[N+]1(C)CCCC1.[I-]. The lowest BCUT2D eigenvalue weighted by Crippen LogP contribution is -3.00. The van der Waals surface area contributed by atoms with E-state index in [1.54, 1.807) is 7.11 Å². The predicted octanol–water partition coefficient (Wildman–Crippen LogP) is 0.626. The Morgan fingerprint density at radius 2 is 1.88 bits per heavy atom. The maximum Gasteiger partial charge on any atom is 0.152 e. The standard InChI is InChI=1S/C21H30NO2.HI/c1-14-11-15-13-21(2)19(22(3)9-5-6-10-22)8-7-16(20(21)23)17(15)12-18(14)24-4;/h11-12,16,19H,5-10,13H2,1-4H3;1H/q+1;/p-1/t16-,19?,21-;/m0./s1. The fourth-order valence-corrected chi connectivity index (χ4v) is 6.06. The average Bonchev–Trinajstić information content (AvgIpc) is 2.96. The summed E-state index contributed by atoms with van der Waals surface area (Å²) in [5, 5.41) is 0. The van der Waals surface area contributed by atoms with Crippen LogP contribution in [0.15, 0.2) is 12.1 Å². The number of methoxy groups -OCH3 is 1. The number of hydrogen-bond donors (Lipinski definition) is 0. The number of ether oxygens (including phenoxy) is 1. The van der Waals surface area contributed by atoms with Gasteiger partial charge in [-0.25, -0.2) is 0 Å². The average molecular weight is 455 g/mol. The van der Waals surface area contributed by atoms with Crippen molar-refractivity contribution in [2.75, 3.05) is 27.2 Å². The minimum absolute atomic E-state index is 0. The van der Waals surface area contributed by atoms with Gasteiger partial charge in [-0.1, -0.05) is 6.07 Å². The highest BCUT2D eigenvalue weighted by Crippen LogP contribution is 2.52. The van der Waals surface area contributed by atoms with Crippen LogP contribution in [0.4, 0.5) is 0 Å². The minimum Gasteiger partial charge on any atom is -1.00 e. The molecule has 1 heterocycles. The fourth-order valence-electron chi connectivity index (χ4n) is 6.06. The summed E-state index contributed by atoms with van der Waals surface area (Å²) >= 11 is 0. The summed E-state index contributed by atoms with van der Waals surface area (Å²) in [7, 11) is 4.12. The van der Waals surface area contributed by atoms with Crippen molar-refractivity contribution in [3.8, 4) is 5.75 Å². The molecule has 1 aromatic rings. The second kappa shape index (κ2) is 6.52. The number of fused-ring (bicyclic) bond motifs is 4. The van der Waals surface area contributed by atoms with Crippen molar-refractivity contribution in [2.45, 2.75) is 57.9 Å². The molecule has 138 valence electrons. The lowest BCUT2D eigenvalue weighted by atomic mass is 9.57. The van der Waals surface area contributed by atoms with Gasteiger partial charge in [-0.15, -0.1) is 0 Å². The largest absolute Gasteiger partial charge is 1.00 e. The van der Waals surface area contributed by atoms with Gasteiger partial charge < -0.3 is 33.2 Å². The highest BCUT2D eigenvalue weighted by atomic mass is 127. The fraction of sp³-hybridized carbons (Fsp3) is 0.667. The first-order valence-corrected chi connectivity index (χ1v) is 9.45. The summed E-state index contributed by atoms with van der Waals surface area (Å²) in [6, 6.07) is 4.90. The molecule has 3 aliphatic rings. The number of likely N-dealkylation sites (tertiary alicyclic amines) is 1.